The minimum atomic E-state index is -1.07. The summed E-state index contributed by atoms with van der Waals surface area (Å²) in [5, 5.41) is 13.4. The van der Waals surface area contributed by atoms with Gasteiger partial charge in [-0.2, -0.15) is 0 Å². The topological polar surface area (TPSA) is 58.3 Å². The molecule has 2 aromatic rings. The lowest BCUT2D eigenvalue weighted by atomic mass is 10.0. The second-order valence-corrected chi connectivity index (χ2v) is 5.32. The minimum absolute atomic E-state index is 0.328. The molecular weight excluding hydrogens is 296 g/mol. The number of aliphatic hydroxyl groups is 1. The van der Waals surface area contributed by atoms with E-state index in [0.717, 1.165) is 10.2 Å². The Balaban J connectivity index is 2.02. The van der Waals surface area contributed by atoms with Crippen molar-refractivity contribution in [2.24, 2.45) is 0 Å². The van der Waals surface area contributed by atoms with Crippen LogP contribution in [0.3, 0.4) is 0 Å². The Hall–Kier alpha value is -1.33. The number of pyridine rings is 1. The van der Waals surface area contributed by atoms with Gasteiger partial charge in [0.1, 0.15) is 22.9 Å². The van der Waals surface area contributed by atoms with Crippen molar-refractivity contribution in [3.63, 3.8) is 0 Å². The van der Waals surface area contributed by atoms with E-state index in [0.29, 0.717) is 18.1 Å². The van der Waals surface area contributed by atoms with Gasteiger partial charge in [-0.05, 0) is 54.0 Å². The second kappa shape index (κ2) is 5.12. The third-order valence-electron chi connectivity index (χ3n) is 2.61. The molecule has 2 aromatic heterocycles. The van der Waals surface area contributed by atoms with Gasteiger partial charge >= 0.3 is 0 Å². The highest BCUT2D eigenvalue weighted by Gasteiger charge is 2.26. The first-order valence-corrected chi connectivity index (χ1v) is 6.41. The molecule has 96 valence electrons. The zero-order chi connectivity index (χ0) is 13.2. The molecule has 5 heteroatoms. The van der Waals surface area contributed by atoms with Gasteiger partial charge in [0.15, 0.2) is 0 Å². The highest BCUT2D eigenvalue weighted by Crippen LogP contribution is 2.23. The monoisotopic (exact) mass is 310 g/mol. The van der Waals surface area contributed by atoms with Gasteiger partial charge in [-0.3, -0.25) is 0 Å². The molecule has 0 spiro atoms. The third kappa shape index (κ3) is 3.11. The van der Waals surface area contributed by atoms with Crippen molar-refractivity contribution in [3.05, 3.63) is 46.5 Å². The number of halogens is 1. The molecule has 2 N–H and O–H groups in total. The van der Waals surface area contributed by atoms with Crippen molar-refractivity contribution in [1.29, 1.82) is 0 Å². The molecule has 0 amide bonds. The molecule has 4 nitrogen and oxygen atoms in total. The number of rotatable bonds is 4. The maximum Gasteiger partial charge on any atom is 0.137 e. The molecule has 0 aromatic carbocycles. The molecule has 0 aliphatic rings. The molecule has 0 saturated heterocycles. The van der Waals surface area contributed by atoms with Gasteiger partial charge in [-0.1, -0.05) is 0 Å². The van der Waals surface area contributed by atoms with Crippen LogP contribution in [0.2, 0.25) is 0 Å². The lowest BCUT2D eigenvalue weighted by Crippen LogP contribution is -2.30. The smallest absolute Gasteiger partial charge is 0.137 e. The number of hydrogen-bond donors (Lipinski definition) is 2. The molecule has 0 fully saturated rings. The van der Waals surface area contributed by atoms with Gasteiger partial charge in [0.25, 0.3) is 0 Å². The zero-order valence-corrected chi connectivity index (χ0v) is 11.9. The van der Waals surface area contributed by atoms with Gasteiger partial charge in [-0.15, -0.1) is 0 Å². The first-order valence-electron chi connectivity index (χ1n) is 5.62. The third-order valence-corrected chi connectivity index (χ3v) is 3.08. The Morgan fingerprint density at radius 3 is 2.72 bits per heavy atom. The average Bonchev–Trinajstić information content (AvgIpc) is 2.76. The van der Waals surface area contributed by atoms with E-state index in [-0.39, 0.29) is 0 Å². The SMILES string of the molecule is Cc1ccc(C(C)(O)CNc2ccc(Br)cn2)o1. The molecular formula is C13H15BrN2O2. The first kappa shape index (κ1) is 13.1. The number of anilines is 1. The molecule has 2 heterocycles. The van der Waals surface area contributed by atoms with E-state index in [4.69, 9.17) is 4.42 Å². The summed E-state index contributed by atoms with van der Waals surface area (Å²) in [5.41, 5.74) is -1.07. The van der Waals surface area contributed by atoms with Crippen molar-refractivity contribution < 1.29 is 9.52 Å². The van der Waals surface area contributed by atoms with Crippen molar-refractivity contribution >= 4 is 21.7 Å². The summed E-state index contributed by atoms with van der Waals surface area (Å²) in [6.45, 7) is 3.88. The van der Waals surface area contributed by atoms with Crippen molar-refractivity contribution in [2.75, 3.05) is 11.9 Å². The summed E-state index contributed by atoms with van der Waals surface area (Å²) in [5.74, 6) is 2.04. The number of furan rings is 1. The number of aryl methyl sites for hydroxylation is 1. The Morgan fingerprint density at radius 2 is 2.17 bits per heavy atom. The zero-order valence-electron chi connectivity index (χ0n) is 10.3. The average molecular weight is 311 g/mol. The maximum absolute atomic E-state index is 10.3. The lowest BCUT2D eigenvalue weighted by molar-refractivity contribution is 0.0467. The summed E-state index contributed by atoms with van der Waals surface area (Å²) in [7, 11) is 0. The van der Waals surface area contributed by atoms with Crippen LogP contribution in [0.25, 0.3) is 0 Å². The van der Waals surface area contributed by atoms with E-state index in [1.165, 1.54) is 0 Å². The van der Waals surface area contributed by atoms with E-state index < -0.39 is 5.60 Å². The molecule has 2 rings (SSSR count). The van der Waals surface area contributed by atoms with Crippen LogP contribution in [0, 0.1) is 6.92 Å². The fourth-order valence-electron chi connectivity index (χ4n) is 1.55. The molecule has 0 aliphatic heterocycles. The first-order chi connectivity index (χ1) is 8.47. The molecule has 0 bridgehead atoms. The molecule has 1 atom stereocenters. The summed E-state index contributed by atoms with van der Waals surface area (Å²) < 4.78 is 6.36. The standard InChI is InChI=1S/C13H15BrN2O2/c1-9-3-5-11(18-9)13(2,17)8-16-12-6-4-10(14)7-15-12/h3-7,17H,8H2,1-2H3,(H,15,16). The number of nitrogens with zero attached hydrogens (tertiary/aromatic N) is 1. The van der Waals surface area contributed by atoms with Crippen LogP contribution in [0.1, 0.15) is 18.4 Å². The summed E-state index contributed by atoms with van der Waals surface area (Å²) >= 11 is 3.32. The molecule has 0 radical (unpaired) electrons. The van der Waals surface area contributed by atoms with Gasteiger partial charge in [0.2, 0.25) is 0 Å². The highest BCUT2D eigenvalue weighted by atomic mass is 79.9. The molecule has 1 unspecified atom stereocenters. The Bertz CT molecular complexity index is 520. The van der Waals surface area contributed by atoms with Crippen LogP contribution in [0.15, 0.2) is 39.4 Å². The quantitative estimate of drug-likeness (QED) is 0.911. The van der Waals surface area contributed by atoms with Crippen LogP contribution >= 0.6 is 15.9 Å². The number of hydrogen-bond acceptors (Lipinski definition) is 4. The van der Waals surface area contributed by atoms with Gasteiger partial charge in [0, 0.05) is 10.7 Å². The van der Waals surface area contributed by atoms with Crippen molar-refractivity contribution in [3.8, 4) is 0 Å². The Kier molecular flexibility index (Phi) is 3.73. The Labute approximate surface area is 114 Å². The van der Waals surface area contributed by atoms with Crippen LogP contribution in [-0.4, -0.2) is 16.6 Å². The number of aromatic nitrogens is 1. The van der Waals surface area contributed by atoms with Gasteiger partial charge in [0.05, 0.1) is 6.54 Å². The maximum atomic E-state index is 10.3. The van der Waals surface area contributed by atoms with Crippen LogP contribution in [-0.2, 0) is 5.60 Å². The summed E-state index contributed by atoms with van der Waals surface area (Å²) in [6, 6.07) is 7.35. The fourth-order valence-corrected chi connectivity index (χ4v) is 1.79. The molecule has 0 aliphatic carbocycles. The second-order valence-electron chi connectivity index (χ2n) is 4.40. The predicted octanol–water partition coefficient (Wildman–Crippen LogP) is 3.07. The predicted molar refractivity (Wildman–Crippen MR) is 73.4 cm³/mol. The van der Waals surface area contributed by atoms with Crippen molar-refractivity contribution in [1.82, 2.24) is 4.98 Å². The van der Waals surface area contributed by atoms with E-state index in [2.05, 4.69) is 26.2 Å². The normalized spacial score (nSPS) is 14.2. The fraction of sp³-hybridized carbons (Fsp3) is 0.308. The molecule has 18 heavy (non-hydrogen) atoms. The van der Waals surface area contributed by atoms with Crippen LogP contribution in [0.4, 0.5) is 5.82 Å². The summed E-state index contributed by atoms with van der Waals surface area (Å²) in [4.78, 5) is 4.18. The molecule has 0 saturated carbocycles. The van der Waals surface area contributed by atoms with Crippen LogP contribution in [0.5, 0.6) is 0 Å². The largest absolute Gasteiger partial charge is 0.463 e. The van der Waals surface area contributed by atoms with Crippen LogP contribution < -0.4 is 5.32 Å². The van der Waals surface area contributed by atoms with Crippen molar-refractivity contribution in [2.45, 2.75) is 19.4 Å². The van der Waals surface area contributed by atoms with Gasteiger partial charge < -0.3 is 14.8 Å². The van der Waals surface area contributed by atoms with Gasteiger partial charge in [-0.25, -0.2) is 4.98 Å². The Morgan fingerprint density at radius 1 is 1.39 bits per heavy atom. The highest BCUT2D eigenvalue weighted by molar-refractivity contribution is 9.10. The van der Waals surface area contributed by atoms with E-state index in [9.17, 15) is 5.11 Å². The summed E-state index contributed by atoms with van der Waals surface area (Å²) in [6.07, 6.45) is 1.70. The lowest BCUT2D eigenvalue weighted by Gasteiger charge is -2.21. The van der Waals surface area contributed by atoms with E-state index in [1.54, 1.807) is 19.2 Å². The van der Waals surface area contributed by atoms with E-state index in [1.807, 2.05) is 25.1 Å². The minimum Gasteiger partial charge on any atom is -0.463 e. The number of nitrogens with one attached hydrogen (secondary N) is 1. The van der Waals surface area contributed by atoms with E-state index >= 15 is 0 Å².